The summed E-state index contributed by atoms with van der Waals surface area (Å²) >= 11 is 0. The van der Waals surface area contributed by atoms with Crippen LogP contribution in [-0.2, 0) is 14.9 Å². The van der Waals surface area contributed by atoms with Gasteiger partial charge < -0.3 is 4.74 Å². The summed E-state index contributed by atoms with van der Waals surface area (Å²) in [6, 6.07) is 5.91. The summed E-state index contributed by atoms with van der Waals surface area (Å²) in [5.41, 5.74) is 0.181. The Balaban J connectivity index is 0.0000137. The summed E-state index contributed by atoms with van der Waals surface area (Å²) in [5.74, 6) is -0.616. The number of carbonyl (C=O) groups is 2. The van der Waals surface area contributed by atoms with Crippen LogP contribution in [0.25, 0.3) is 0 Å². The first-order chi connectivity index (χ1) is 17.8. The number of Topliss-reactive ketones (excluding diaryl/α,β-unsaturated/α-hetero) is 1. The Morgan fingerprint density at radius 3 is 1.58 bits per heavy atom. The average molecular weight is 563 g/mol. The molecule has 0 heterocycles. The summed E-state index contributed by atoms with van der Waals surface area (Å²) < 4.78 is 38.8. The summed E-state index contributed by atoms with van der Waals surface area (Å²) in [5, 5.41) is -1.47. The first-order valence-electron chi connectivity index (χ1n) is 14.6. The molecule has 6 nitrogen and oxygen atoms in total. The molecule has 0 aliphatic rings. The van der Waals surface area contributed by atoms with E-state index in [0.29, 0.717) is 18.6 Å². The minimum absolute atomic E-state index is 0. The number of carbonyl (C=O) groups excluding carboxylic acids is 2. The van der Waals surface area contributed by atoms with Crippen molar-refractivity contribution in [3.63, 3.8) is 0 Å². The maximum atomic E-state index is 12.8. The van der Waals surface area contributed by atoms with E-state index in [0.717, 1.165) is 38.5 Å². The van der Waals surface area contributed by atoms with Crippen LogP contribution in [0.2, 0.25) is 0 Å². The van der Waals surface area contributed by atoms with Gasteiger partial charge in [-0.15, -0.1) is 0 Å². The molecule has 1 atom stereocenters. The van der Waals surface area contributed by atoms with Crippen LogP contribution >= 0.6 is 0 Å². The van der Waals surface area contributed by atoms with Crippen molar-refractivity contribution in [1.82, 2.24) is 0 Å². The van der Waals surface area contributed by atoms with Crippen molar-refractivity contribution in [3.05, 3.63) is 29.8 Å². The second-order valence-electron chi connectivity index (χ2n) is 10.2. The molecule has 0 amide bonds. The van der Waals surface area contributed by atoms with Gasteiger partial charge in [0, 0.05) is 12.0 Å². The molecule has 214 valence electrons. The van der Waals surface area contributed by atoms with Gasteiger partial charge in [-0.2, -0.15) is 8.42 Å². The third-order valence-electron chi connectivity index (χ3n) is 6.83. The van der Waals surface area contributed by atoms with E-state index >= 15 is 0 Å². The molecule has 1 aromatic carbocycles. The number of hydrogen-bond acceptors (Lipinski definition) is 5. The molecule has 1 N–H and O–H groups in total. The van der Waals surface area contributed by atoms with E-state index in [9.17, 15) is 22.6 Å². The fraction of sp³-hybridized carbons (Fsp3) is 0.733. The van der Waals surface area contributed by atoms with Gasteiger partial charge in [0.2, 0.25) is 0 Å². The van der Waals surface area contributed by atoms with Crippen LogP contribution in [0.1, 0.15) is 146 Å². The van der Waals surface area contributed by atoms with Crippen LogP contribution < -0.4 is 4.74 Å². The van der Waals surface area contributed by atoms with Crippen LogP contribution in [-0.4, -0.2) is 59.5 Å². The summed E-state index contributed by atoms with van der Waals surface area (Å²) in [4.78, 5) is 24.9. The molecule has 38 heavy (non-hydrogen) atoms. The molecule has 1 aromatic rings. The fourth-order valence-corrected chi connectivity index (χ4v) is 5.39. The molecular formula is C30H51NaO6S. The first kappa shape index (κ1) is 37.3. The Bertz CT molecular complexity index is 854. The molecule has 0 radical (unpaired) electrons. The molecule has 0 saturated carbocycles. The first-order valence-corrected chi connectivity index (χ1v) is 16.1. The molecule has 0 aliphatic carbocycles. The Hall–Kier alpha value is -0.730. The van der Waals surface area contributed by atoms with E-state index in [-0.39, 0.29) is 47.5 Å². The normalized spacial score (nSPS) is 12.1. The van der Waals surface area contributed by atoms with Crippen molar-refractivity contribution < 1.29 is 27.3 Å². The Morgan fingerprint density at radius 2 is 1.13 bits per heavy atom. The van der Waals surface area contributed by atoms with E-state index in [2.05, 4.69) is 13.8 Å². The molecule has 1 unspecified atom stereocenters. The van der Waals surface area contributed by atoms with Crippen molar-refractivity contribution in [2.24, 2.45) is 0 Å². The number of ether oxygens (including phenoxy) is 1. The van der Waals surface area contributed by atoms with Gasteiger partial charge in [-0.05, 0) is 37.1 Å². The standard InChI is InChI=1S/C30H50O6S.Na.H/c1-3-5-7-9-11-13-15-17-19-21-29(31)36-27-24-22-26(23-25-27)30(32)28(37(33,34)35)20-18-16-14-12-10-8-6-4-2;;/h22-25,28H,3-21H2,1-2H3,(H,33,34,35);;. The zero-order valence-corrected chi connectivity index (χ0v) is 24.0. The van der Waals surface area contributed by atoms with Gasteiger partial charge in [0.05, 0.1) is 0 Å². The Labute approximate surface area is 254 Å². The van der Waals surface area contributed by atoms with Gasteiger partial charge in [0.15, 0.2) is 5.78 Å². The number of esters is 1. The van der Waals surface area contributed by atoms with Crippen molar-refractivity contribution in [2.75, 3.05) is 0 Å². The van der Waals surface area contributed by atoms with Gasteiger partial charge in [-0.3, -0.25) is 14.1 Å². The quantitative estimate of drug-likeness (QED) is 0.0364. The van der Waals surface area contributed by atoms with Gasteiger partial charge in [-0.1, -0.05) is 117 Å². The van der Waals surface area contributed by atoms with E-state index < -0.39 is 21.2 Å². The third kappa shape index (κ3) is 17.8. The molecule has 0 saturated heterocycles. The number of hydrogen-bond donors (Lipinski definition) is 1. The predicted octanol–water partition coefficient (Wildman–Crippen LogP) is 7.83. The van der Waals surface area contributed by atoms with Crippen molar-refractivity contribution in [3.8, 4) is 5.75 Å². The van der Waals surface area contributed by atoms with Crippen molar-refractivity contribution >= 4 is 51.4 Å². The van der Waals surface area contributed by atoms with Gasteiger partial charge in [0.25, 0.3) is 10.1 Å². The van der Waals surface area contributed by atoms with Gasteiger partial charge >= 0.3 is 35.5 Å². The predicted molar refractivity (Wildman–Crippen MR) is 158 cm³/mol. The van der Waals surface area contributed by atoms with E-state index in [4.69, 9.17) is 4.74 Å². The topological polar surface area (TPSA) is 97.7 Å². The molecule has 1 rings (SSSR count). The molecule has 0 spiro atoms. The average Bonchev–Trinajstić information content (AvgIpc) is 2.86. The van der Waals surface area contributed by atoms with E-state index in [1.807, 2.05) is 0 Å². The molecule has 0 bridgehead atoms. The summed E-state index contributed by atoms with van der Waals surface area (Å²) in [6.45, 7) is 4.39. The Morgan fingerprint density at radius 1 is 0.711 bits per heavy atom. The second-order valence-corrected chi connectivity index (χ2v) is 11.8. The third-order valence-corrected chi connectivity index (χ3v) is 8.00. The molecule has 0 fully saturated rings. The summed E-state index contributed by atoms with van der Waals surface area (Å²) in [7, 11) is -4.50. The molecule has 0 aliphatic heterocycles. The Kier molecular flexibility index (Phi) is 22.6. The van der Waals surface area contributed by atoms with E-state index in [1.165, 1.54) is 88.5 Å². The summed E-state index contributed by atoms with van der Waals surface area (Å²) in [6.07, 6.45) is 19.3. The van der Waals surface area contributed by atoms with Gasteiger partial charge in [-0.25, -0.2) is 0 Å². The van der Waals surface area contributed by atoms with Crippen LogP contribution in [0, 0.1) is 0 Å². The second kappa shape index (κ2) is 23.0. The molecule has 8 heteroatoms. The fourth-order valence-electron chi connectivity index (χ4n) is 4.51. The maximum absolute atomic E-state index is 12.8. The zero-order chi connectivity index (χ0) is 27.4. The number of unbranched alkanes of at least 4 members (excludes halogenated alkanes) is 15. The number of benzene rings is 1. The zero-order valence-electron chi connectivity index (χ0n) is 23.2. The molecular weight excluding hydrogens is 511 g/mol. The van der Waals surface area contributed by atoms with Crippen molar-refractivity contribution in [1.29, 1.82) is 0 Å². The van der Waals surface area contributed by atoms with Crippen LogP contribution in [0.4, 0.5) is 0 Å². The van der Waals surface area contributed by atoms with Gasteiger partial charge in [0.1, 0.15) is 11.0 Å². The number of rotatable bonds is 23. The van der Waals surface area contributed by atoms with E-state index in [1.54, 1.807) is 0 Å². The monoisotopic (exact) mass is 562 g/mol. The van der Waals surface area contributed by atoms with Crippen LogP contribution in [0.5, 0.6) is 5.75 Å². The van der Waals surface area contributed by atoms with Crippen molar-refractivity contribution in [2.45, 2.75) is 141 Å². The molecule has 0 aromatic heterocycles. The number of ketones is 1. The van der Waals surface area contributed by atoms with Crippen LogP contribution in [0.15, 0.2) is 24.3 Å². The SMILES string of the molecule is CCCCCCCCCCCC(=O)Oc1ccc(C(=O)C(CCCCCCCCCC)S(=O)(=O)O)cc1.[NaH]. The van der Waals surface area contributed by atoms with Crippen LogP contribution in [0.3, 0.4) is 0 Å². The minimum atomic E-state index is -4.50.